The lowest BCUT2D eigenvalue weighted by molar-refractivity contribution is -0.141. The van der Waals surface area contributed by atoms with E-state index in [-0.39, 0.29) is 30.4 Å². The number of aliphatic hydroxyl groups is 1. The zero-order valence-electron chi connectivity index (χ0n) is 12.4. The lowest BCUT2D eigenvalue weighted by Crippen LogP contribution is -2.38. The summed E-state index contributed by atoms with van der Waals surface area (Å²) in [5.74, 6) is -0.869. The second-order valence-corrected chi connectivity index (χ2v) is 6.14. The molecule has 20 heavy (non-hydrogen) atoms. The Morgan fingerprint density at radius 3 is 2.40 bits per heavy atom. The highest BCUT2D eigenvalue weighted by atomic mass is 16.4. The van der Waals surface area contributed by atoms with E-state index in [1.807, 2.05) is 6.92 Å². The number of carboxylic acid groups (broad SMARTS) is 1. The molecule has 0 radical (unpaired) electrons. The highest BCUT2D eigenvalue weighted by Crippen LogP contribution is 2.42. The second kappa shape index (κ2) is 8.25. The van der Waals surface area contributed by atoms with Gasteiger partial charge in [-0.1, -0.05) is 19.3 Å². The van der Waals surface area contributed by atoms with Crippen LogP contribution < -0.4 is 5.32 Å². The molecule has 1 fully saturated rings. The van der Waals surface area contributed by atoms with Crippen molar-refractivity contribution in [2.45, 2.75) is 70.8 Å². The summed E-state index contributed by atoms with van der Waals surface area (Å²) in [4.78, 5) is 23.2. The summed E-state index contributed by atoms with van der Waals surface area (Å²) in [5.41, 5.74) is -0.356. The molecule has 5 nitrogen and oxygen atoms in total. The van der Waals surface area contributed by atoms with Crippen LogP contribution in [0.1, 0.15) is 64.7 Å². The van der Waals surface area contributed by atoms with Gasteiger partial charge in [0.25, 0.3) is 0 Å². The number of carbonyl (C=O) groups excluding carboxylic acids is 1. The van der Waals surface area contributed by atoms with Gasteiger partial charge < -0.3 is 15.5 Å². The van der Waals surface area contributed by atoms with Gasteiger partial charge in [-0.05, 0) is 38.0 Å². The maximum atomic E-state index is 12.1. The molecule has 0 aromatic carbocycles. The first-order valence-electron chi connectivity index (χ1n) is 7.59. The quantitative estimate of drug-likeness (QED) is 0.637. The Kier molecular flexibility index (Phi) is 6.99. The van der Waals surface area contributed by atoms with E-state index in [1.165, 1.54) is 0 Å². The number of nitrogens with one attached hydrogen (secondary N) is 1. The van der Waals surface area contributed by atoms with E-state index >= 15 is 0 Å². The number of hydrogen-bond donors (Lipinski definition) is 3. The van der Waals surface area contributed by atoms with E-state index in [0.717, 1.165) is 38.5 Å². The van der Waals surface area contributed by atoms with Gasteiger partial charge in [-0.15, -0.1) is 0 Å². The minimum absolute atomic E-state index is 0.0279. The largest absolute Gasteiger partial charge is 0.481 e. The summed E-state index contributed by atoms with van der Waals surface area (Å²) in [6, 6.07) is 0.0279. The van der Waals surface area contributed by atoms with E-state index < -0.39 is 5.97 Å². The first kappa shape index (κ1) is 17.0. The fourth-order valence-electron chi connectivity index (χ4n) is 3.17. The number of aliphatic carboxylic acids is 1. The summed E-state index contributed by atoms with van der Waals surface area (Å²) >= 11 is 0. The molecule has 0 bridgehead atoms. The van der Waals surface area contributed by atoms with Crippen molar-refractivity contribution in [3.8, 4) is 0 Å². The number of carboxylic acids is 1. The maximum Gasteiger partial charge on any atom is 0.303 e. The van der Waals surface area contributed by atoms with Crippen LogP contribution in [0.5, 0.6) is 0 Å². The number of aliphatic hydroxyl groups excluding tert-OH is 1. The molecule has 1 saturated carbocycles. The Morgan fingerprint density at radius 1 is 1.20 bits per heavy atom. The van der Waals surface area contributed by atoms with Gasteiger partial charge >= 0.3 is 5.97 Å². The Bertz CT molecular complexity index is 324. The molecule has 0 spiro atoms. The number of amides is 1. The summed E-state index contributed by atoms with van der Waals surface area (Å²) in [6.45, 7) is 2.04. The van der Waals surface area contributed by atoms with E-state index in [0.29, 0.717) is 12.8 Å². The van der Waals surface area contributed by atoms with Crippen LogP contribution in [0.25, 0.3) is 0 Å². The molecule has 0 heterocycles. The van der Waals surface area contributed by atoms with Crippen LogP contribution >= 0.6 is 0 Å². The first-order valence-corrected chi connectivity index (χ1v) is 7.59. The molecule has 1 rings (SSSR count). The summed E-state index contributed by atoms with van der Waals surface area (Å²) in [7, 11) is 0. The lowest BCUT2D eigenvalue weighted by Gasteiger charge is -2.35. The fraction of sp³-hybridized carbons (Fsp3) is 0.867. The third-order valence-electron chi connectivity index (χ3n) is 4.18. The molecule has 0 saturated heterocycles. The van der Waals surface area contributed by atoms with E-state index in [2.05, 4.69) is 5.32 Å². The zero-order chi connectivity index (χ0) is 15.0. The fourth-order valence-corrected chi connectivity index (χ4v) is 3.17. The highest BCUT2D eigenvalue weighted by Gasteiger charge is 2.36. The zero-order valence-corrected chi connectivity index (χ0v) is 12.4. The summed E-state index contributed by atoms with van der Waals surface area (Å²) in [5, 5.41) is 20.8. The van der Waals surface area contributed by atoms with Crippen molar-refractivity contribution in [1.82, 2.24) is 5.32 Å². The van der Waals surface area contributed by atoms with Crippen LogP contribution in [0.3, 0.4) is 0 Å². The lowest BCUT2D eigenvalue weighted by atomic mass is 9.69. The second-order valence-electron chi connectivity index (χ2n) is 6.14. The molecule has 1 aliphatic carbocycles. The van der Waals surface area contributed by atoms with Gasteiger partial charge in [0.15, 0.2) is 0 Å². The standard InChI is InChI=1S/C15H27NO4/c1-12(6-5-9-17)16-13(18)10-15(11-14(19)20)7-3-2-4-8-15/h12,17H,2-11H2,1H3,(H,16,18)(H,19,20). The van der Waals surface area contributed by atoms with Gasteiger partial charge in [0.05, 0.1) is 6.42 Å². The predicted octanol–water partition coefficient (Wildman–Crippen LogP) is 2.08. The van der Waals surface area contributed by atoms with Gasteiger partial charge in [-0.25, -0.2) is 0 Å². The highest BCUT2D eigenvalue weighted by molar-refractivity contribution is 5.78. The van der Waals surface area contributed by atoms with Gasteiger partial charge in [0, 0.05) is 19.1 Å². The number of carbonyl (C=O) groups is 2. The average Bonchev–Trinajstić information content (AvgIpc) is 2.35. The van der Waals surface area contributed by atoms with Gasteiger partial charge in [-0.3, -0.25) is 9.59 Å². The Morgan fingerprint density at radius 2 is 1.85 bits per heavy atom. The molecule has 116 valence electrons. The molecule has 1 atom stereocenters. The van der Waals surface area contributed by atoms with Crippen LogP contribution in [0, 0.1) is 5.41 Å². The van der Waals surface area contributed by atoms with Gasteiger partial charge in [0.1, 0.15) is 0 Å². The molecule has 3 N–H and O–H groups in total. The maximum absolute atomic E-state index is 12.1. The van der Waals surface area contributed by atoms with Gasteiger partial charge in [-0.2, -0.15) is 0 Å². The van der Waals surface area contributed by atoms with Crippen molar-refractivity contribution in [2.24, 2.45) is 5.41 Å². The van der Waals surface area contributed by atoms with E-state index in [1.54, 1.807) is 0 Å². The molecular formula is C15H27NO4. The normalized spacial score (nSPS) is 19.3. The van der Waals surface area contributed by atoms with Crippen LogP contribution in [0.15, 0.2) is 0 Å². The average molecular weight is 285 g/mol. The molecule has 1 amide bonds. The Hall–Kier alpha value is -1.10. The van der Waals surface area contributed by atoms with Crippen molar-refractivity contribution >= 4 is 11.9 Å². The first-order chi connectivity index (χ1) is 9.47. The number of rotatable bonds is 8. The molecule has 0 aliphatic heterocycles. The minimum Gasteiger partial charge on any atom is -0.481 e. The predicted molar refractivity (Wildman–Crippen MR) is 76.3 cm³/mol. The Labute approximate surface area is 120 Å². The van der Waals surface area contributed by atoms with E-state index in [9.17, 15) is 9.59 Å². The van der Waals surface area contributed by atoms with Crippen molar-refractivity contribution in [3.63, 3.8) is 0 Å². The third-order valence-corrected chi connectivity index (χ3v) is 4.18. The topological polar surface area (TPSA) is 86.6 Å². The van der Waals surface area contributed by atoms with Crippen molar-refractivity contribution in [3.05, 3.63) is 0 Å². The minimum atomic E-state index is -0.812. The van der Waals surface area contributed by atoms with Crippen LogP contribution in [-0.2, 0) is 9.59 Å². The van der Waals surface area contributed by atoms with Crippen LogP contribution in [0.2, 0.25) is 0 Å². The molecular weight excluding hydrogens is 258 g/mol. The molecule has 1 unspecified atom stereocenters. The van der Waals surface area contributed by atoms with Crippen molar-refractivity contribution < 1.29 is 19.8 Å². The van der Waals surface area contributed by atoms with Crippen molar-refractivity contribution in [1.29, 1.82) is 0 Å². The summed E-state index contributed by atoms with van der Waals surface area (Å²) in [6.07, 6.45) is 6.64. The smallest absolute Gasteiger partial charge is 0.303 e. The van der Waals surface area contributed by atoms with Crippen LogP contribution in [0.4, 0.5) is 0 Å². The summed E-state index contributed by atoms with van der Waals surface area (Å²) < 4.78 is 0. The SMILES string of the molecule is CC(CCCO)NC(=O)CC1(CC(=O)O)CCCCC1. The monoisotopic (exact) mass is 285 g/mol. The molecule has 5 heteroatoms. The third kappa shape index (κ3) is 5.90. The van der Waals surface area contributed by atoms with E-state index in [4.69, 9.17) is 10.2 Å². The molecule has 1 aliphatic rings. The molecule has 0 aromatic rings. The van der Waals surface area contributed by atoms with Crippen LogP contribution in [-0.4, -0.2) is 34.7 Å². The van der Waals surface area contributed by atoms with Gasteiger partial charge in [0.2, 0.25) is 5.91 Å². The number of hydrogen-bond acceptors (Lipinski definition) is 3. The molecule has 0 aromatic heterocycles. The van der Waals surface area contributed by atoms with Crippen molar-refractivity contribution in [2.75, 3.05) is 6.61 Å². The Balaban J connectivity index is 2.51.